The van der Waals surface area contributed by atoms with Gasteiger partial charge in [0.05, 0.1) is 6.20 Å². The lowest BCUT2D eigenvalue weighted by atomic mass is 10.3. The summed E-state index contributed by atoms with van der Waals surface area (Å²) in [5, 5.41) is 21.5. The standard InChI is InChI=1S/C9H8N6O/c1-15-8(6(4-10)5-12-15)13-9(16)7-2-3-11-14-7/h2-3,5H,1H3,(H,11,14)(H,13,16). The Morgan fingerprint density at radius 1 is 1.69 bits per heavy atom. The van der Waals surface area contributed by atoms with Crippen molar-refractivity contribution in [3.8, 4) is 6.07 Å². The summed E-state index contributed by atoms with van der Waals surface area (Å²) in [4.78, 5) is 11.7. The van der Waals surface area contributed by atoms with Gasteiger partial charge in [0.1, 0.15) is 23.1 Å². The van der Waals surface area contributed by atoms with E-state index < -0.39 is 0 Å². The summed E-state index contributed by atoms with van der Waals surface area (Å²) >= 11 is 0. The first kappa shape index (κ1) is 9.92. The molecule has 0 aliphatic carbocycles. The zero-order valence-electron chi connectivity index (χ0n) is 8.43. The Morgan fingerprint density at radius 3 is 3.12 bits per heavy atom. The van der Waals surface area contributed by atoms with E-state index in [0.717, 1.165) is 0 Å². The average Bonchev–Trinajstić information content (AvgIpc) is 2.89. The Hall–Kier alpha value is -2.62. The van der Waals surface area contributed by atoms with Crippen LogP contribution in [0.5, 0.6) is 0 Å². The average molecular weight is 216 g/mol. The van der Waals surface area contributed by atoms with Crippen LogP contribution < -0.4 is 5.32 Å². The van der Waals surface area contributed by atoms with Crippen LogP contribution in [0, 0.1) is 11.3 Å². The molecule has 0 aromatic carbocycles. The number of nitriles is 1. The molecule has 0 saturated carbocycles. The molecule has 0 spiro atoms. The van der Waals surface area contributed by atoms with Gasteiger partial charge in [0.25, 0.3) is 5.91 Å². The summed E-state index contributed by atoms with van der Waals surface area (Å²) in [6.07, 6.45) is 2.87. The van der Waals surface area contributed by atoms with E-state index in [1.807, 2.05) is 6.07 Å². The van der Waals surface area contributed by atoms with E-state index in [1.165, 1.54) is 23.1 Å². The molecule has 2 rings (SSSR count). The van der Waals surface area contributed by atoms with Crippen LogP contribution in [0.4, 0.5) is 5.82 Å². The van der Waals surface area contributed by atoms with Gasteiger partial charge in [-0.2, -0.15) is 15.5 Å². The van der Waals surface area contributed by atoms with Gasteiger partial charge in [-0.25, -0.2) is 0 Å². The number of carbonyl (C=O) groups excluding carboxylic acids is 1. The minimum atomic E-state index is -0.363. The number of anilines is 1. The summed E-state index contributed by atoms with van der Waals surface area (Å²) in [5.41, 5.74) is 0.639. The molecule has 80 valence electrons. The van der Waals surface area contributed by atoms with Crippen molar-refractivity contribution in [2.75, 3.05) is 5.32 Å². The number of aromatic nitrogens is 4. The van der Waals surface area contributed by atoms with Crippen LogP contribution in [-0.2, 0) is 7.05 Å². The van der Waals surface area contributed by atoms with E-state index in [0.29, 0.717) is 17.1 Å². The molecular weight excluding hydrogens is 208 g/mol. The molecule has 0 saturated heterocycles. The first-order chi connectivity index (χ1) is 7.72. The Balaban J connectivity index is 2.25. The molecule has 0 aliphatic heterocycles. The van der Waals surface area contributed by atoms with Crippen LogP contribution >= 0.6 is 0 Å². The number of amides is 1. The van der Waals surface area contributed by atoms with Gasteiger partial charge in [-0.1, -0.05) is 0 Å². The Bertz CT molecular complexity index is 547. The summed E-state index contributed by atoms with van der Waals surface area (Å²) in [6.45, 7) is 0. The molecular formula is C9H8N6O. The maximum absolute atomic E-state index is 11.7. The lowest BCUT2D eigenvalue weighted by molar-refractivity contribution is 0.102. The van der Waals surface area contributed by atoms with E-state index in [9.17, 15) is 4.79 Å². The van der Waals surface area contributed by atoms with Crippen molar-refractivity contribution in [3.05, 3.63) is 29.7 Å². The third-order valence-electron chi connectivity index (χ3n) is 2.04. The molecule has 2 heterocycles. The van der Waals surface area contributed by atoms with Crippen LogP contribution in [-0.4, -0.2) is 25.9 Å². The van der Waals surface area contributed by atoms with Crippen molar-refractivity contribution in [2.24, 2.45) is 7.05 Å². The highest BCUT2D eigenvalue weighted by Gasteiger charge is 2.13. The fraction of sp³-hybridized carbons (Fsp3) is 0.111. The second kappa shape index (κ2) is 3.86. The van der Waals surface area contributed by atoms with Crippen LogP contribution in [0.1, 0.15) is 16.1 Å². The molecule has 2 aromatic rings. The fourth-order valence-electron chi connectivity index (χ4n) is 1.22. The third kappa shape index (κ3) is 1.64. The van der Waals surface area contributed by atoms with Crippen molar-refractivity contribution in [3.63, 3.8) is 0 Å². The van der Waals surface area contributed by atoms with Gasteiger partial charge in [0.2, 0.25) is 0 Å². The number of hydrogen-bond donors (Lipinski definition) is 2. The van der Waals surface area contributed by atoms with E-state index in [2.05, 4.69) is 20.6 Å². The Morgan fingerprint density at radius 2 is 2.50 bits per heavy atom. The lowest BCUT2D eigenvalue weighted by Gasteiger charge is -2.03. The first-order valence-corrected chi connectivity index (χ1v) is 4.45. The number of H-pyrrole nitrogens is 1. The monoisotopic (exact) mass is 216 g/mol. The van der Waals surface area contributed by atoms with Crippen molar-refractivity contribution in [1.29, 1.82) is 5.26 Å². The first-order valence-electron chi connectivity index (χ1n) is 4.45. The molecule has 0 fully saturated rings. The highest BCUT2D eigenvalue weighted by Crippen LogP contribution is 2.13. The quantitative estimate of drug-likeness (QED) is 0.752. The summed E-state index contributed by atoms with van der Waals surface area (Å²) in [5.74, 6) is -0.000278. The second-order valence-electron chi connectivity index (χ2n) is 3.07. The van der Waals surface area contributed by atoms with E-state index >= 15 is 0 Å². The van der Waals surface area contributed by atoms with Gasteiger partial charge < -0.3 is 5.32 Å². The fourth-order valence-corrected chi connectivity index (χ4v) is 1.22. The van der Waals surface area contributed by atoms with Crippen LogP contribution in [0.3, 0.4) is 0 Å². The minimum Gasteiger partial charge on any atom is -0.304 e. The maximum Gasteiger partial charge on any atom is 0.274 e. The highest BCUT2D eigenvalue weighted by molar-refractivity contribution is 6.02. The Kier molecular flexibility index (Phi) is 2.39. The molecule has 0 bridgehead atoms. The van der Waals surface area contributed by atoms with Gasteiger partial charge in [-0.15, -0.1) is 0 Å². The zero-order chi connectivity index (χ0) is 11.5. The van der Waals surface area contributed by atoms with E-state index in [4.69, 9.17) is 5.26 Å². The summed E-state index contributed by atoms with van der Waals surface area (Å²) in [6, 6.07) is 3.48. The zero-order valence-corrected chi connectivity index (χ0v) is 8.43. The molecule has 0 unspecified atom stereocenters. The summed E-state index contributed by atoms with van der Waals surface area (Å²) in [7, 11) is 1.64. The number of hydrogen-bond acceptors (Lipinski definition) is 4. The number of nitrogens with zero attached hydrogens (tertiary/aromatic N) is 4. The van der Waals surface area contributed by atoms with Crippen molar-refractivity contribution >= 4 is 11.7 Å². The van der Waals surface area contributed by atoms with Gasteiger partial charge in [0.15, 0.2) is 0 Å². The number of rotatable bonds is 2. The number of nitrogens with one attached hydrogen (secondary N) is 2. The number of carbonyl (C=O) groups is 1. The normalized spacial score (nSPS) is 9.75. The molecule has 0 radical (unpaired) electrons. The van der Waals surface area contributed by atoms with E-state index in [1.54, 1.807) is 7.05 Å². The molecule has 1 amide bonds. The maximum atomic E-state index is 11.7. The van der Waals surface area contributed by atoms with E-state index in [-0.39, 0.29) is 5.91 Å². The molecule has 2 N–H and O–H groups in total. The Labute approximate surface area is 90.7 Å². The lowest BCUT2D eigenvalue weighted by Crippen LogP contribution is -2.15. The molecule has 0 aliphatic rings. The predicted octanol–water partition coefficient (Wildman–Crippen LogP) is 0.267. The van der Waals surface area contributed by atoms with Gasteiger partial charge in [-0.3, -0.25) is 14.6 Å². The number of aromatic amines is 1. The van der Waals surface area contributed by atoms with Crippen molar-refractivity contribution in [2.45, 2.75) is 0 Å². The molecule has 2 aromatic heterocycles. The third-order valence-corrected chi connectivity index (χ3v) is 2.04. The van der Waals surface area contributed by atoms with Gasteiger partial charge in [0, 0.05) is 13.2 Å². The minimum absolute atomic E-state index is 0.315. The molecule has 16 heavy (non-hydrogen) atoms. The van der Waals surface area contributed by atoms with Crippen molar-refractivity contribution < 1.29 is 4.79 Å². The van der Waals surface area contributed by atoms with Gasteiger partial charge >= 0.3 is 0 Å². The molecule has 7 heteroatoms. The highest BCUT2D eigenvalue weighted by atomic mass is 16.2. The molecule has 0 atom stereocenters. The SMILES string of the molecule is Cn1ncc(C#N)c1NC(=O)c1ccn[nH]1. The smallest absolute Gasteiger partial charge is 0.274 e. The van der Waals surface area contributed by atoms with Crippen LogP contribution in [0.25, 0.3) is 0 Å². The largest absolute Gasteiger partial charge is 0.304 e. The van der Waals surface area contributed by atoms with Crippen molar-refractivity contribution in [1.82, 2.24) is 20.0 Å². The van der Waals surface area contributed by atoms with Crippen LogP contribution in [0.15, 0.2) is 18.5 Å². The predicted molar refractivity (Wildman–Crippen MR) is 54.5 cm³/mol. The molecule has 7 nitrogen and oxygen atoms in total. The number of aryl methyl sites for hydroxylation is 1. The van der Waals surface area contributed by atoms with Crippen LogP contribution in [0.2, 0.25) is 0 Å². The second-order valence-corrected chi connectivity index (χ2v) is 3.07. The van der Waals surface area contributed by atoms with Gasteiger partial charge in [-0.05, 0) is 6.07 Å². The topological polar surface area (TPSA) is 99.4 Å². The summed E-state index contributed by atoms with van der Waals surface area (Å²) < 4.78 is 1.42.